The fraction of sp³-hybridized carbons (Fsp3) is 0.889. The maximum atomic E-state index is 10.6. The molecule has 0 saturated heterocycles. The molecule has 0 spiro atoms. The van der Waals surface area contributed by atoms with Crippen molar-refractivity contribution in [2.75, 3.05) is 19.2 Å². The van der Waals surface area contributed by atoms with Crippen LogP contribution in [0.2, 0.25) is 0 Å². The number of ether oxygens (including phenoxy) is 2. The second-order valence-electron chi connectivity index (χ2n) is 6.32. The molecule has 0 rings (SSSR count). The number of hydrogen-bond acceptors (Lipinski definition) is 4. The number of unbranched alkanes of at least 4 members (excludes halogenated alkanes) is 11. The van der Waals surface area contributed by atoms with Gasteiger partial charge in [0, 0.05) is 0 Å². The van der Waals surface area contributed by atoms with Crippen LogP contribution in [0.5, 0.6) is 0 Å². The normalized spacial score (nSPS) is 11.6. The Kier molecular flexibility index (Phi) is 15.5. The van der Waals surface area contributed by atoms with Gasteiger partial charge in [0.05, 0.1) is 6.61 Å². The second kappa shape index (κ2) is 15.9. The van der Waals surface area contributed by atoms with E-state index in [-0.39, 0.29) is 12.6 Å². The highest BCUT2D eigenvalue weighted by molar-refractivity contribution is 7.85. The van der Waals surface area contributed by atoms with Crippen LogP contribution in [0.15, 0.2) is 12.3 Å². The van der Waals surface area contributed by atoms with Crippen LogP contribution in [0, 0.1) is 0 Å². The molecule has 0 radical (unpaired) electrons. The average molecular weight is 365 g/mol. The largest absolute Gasteiger partial charge is 0.471 e. The summed E-state index contributed by atoms with van der Waals surface area (Å²) in [6, 6.07) is 0. The van der Waals surface area contributed by atoms with E-state index >= 15 is 0 Å². The molecule has 0 aliphatic heterocycles. The first kappa shape index (κ1) is 23.4. The van der Waals surface area contributed by atoms with Gasteiger partial charge in [-0.25, -0.2) is 0 Å². The van der Waals surface area contributed by atoms with Crippen molar-refractivity contribution in [3.05, 3.63) is 12.3 Å². The third-order valence-corrected chi connectivity index (χ3v) is 4.52. The van der Waals surface area contributed by atoms with Crippen molar-refractivity contribution >= 4 is 10.1 Å². The van der Waals surface area contributed by atoms with Gasteiger partial charge in [-0.1, -0.05) is 84.1 Å². The lowest BCUT2D eigenvalue weighted by atomic mass is 10.1. The van der Waals surface area contributed by atoms with Crippen molar-refractivity contribution in [1.29, 1.82) is 0 Å². The molecular formula is C18H36O5S. The van der Waals surface area contributed by atoms with Crippen molar-refractivity contribution in [1.82, 2.24) is 0 Å². The lowest BCUT2D eigenvalue weighted by molar-refractivity contribution is -0.0231. The fourth-order valence-electron chi connectivity index (χ4n) is 2.47. The third kappa shape index (κ3) is 19.5. The Morgan fingerprint density at radius 1 is 0.875 bits per heavy atom. The maximum Gasteiger partial charge on any atom is 0.272 e. The van der Waals surface area contributed by atoms with Gasteiger partial charge >= 0.3 is 0 Å². The van der Waals surface area contributed by atoms with E-state index in [1.807, 2.05) is 0 Å². The molecular weight excluding hydrogens is 328 g/mol. The lowest BCUT2D eigenvalue weighted by Crippen LogP contribution is -2.10. The summed E-state index contributed by atoms with van der Waals surface area (Å²) in [5, 5.41) is 0. The fourth-order valence-corrected chi connectivity index (χ4v) is 2.96. The highest BCUT2D eigenvalue weighted by atomic mass is 32.2. The first-order valence-electron chi connectivity index (χ1n) is 9.29. The molecule has 6 heteroatoms. The summed E-state index contributed by atoms with van der Waals surface area (Å²) >= 11 is 0. The molecule has 0 amide bonds. The van der Waals surface area contributed by atoms with Gasteiger partial charge in [-0.3, -0.25) is 4.55 Å². The first-order chi connectivity index (χ1) is 11.5. The van der Waals surface area contributed by atoms with Crippen LogP contribution in [-0.2, 0) is 19.6 Å². The predicted octanol–water partition coefficient (Wildman–Crippen LogP) is 5.08. The van der Waals surface area contributed by atoms with Crippen LogP contribution in [-0.4, -0.2) is 32.1 Å². The maximum absolute atomic E-state index is 10.6. The third-order valence-electron chi connectivity index (χ3n) is 3.83. The molecule has 144 valence electrons. The molecule has 0 aromatic carbocycles. The first-order valence-corrected chi connectivity index (χ1v) is 10.9. The van der Waals surface area contributed by atoms with Gasteiger partial charge < -0.3 is 9.47 Å². The van der Waals surface area contributed by atoms with Gasteiger partial charge in [0.15, 0.2) is 6.79 Å². The lowest BCUT2D eigenvalue weighted by Gasteiger charge is -2.08. The van der Waals surface area contributed by atoms with Crippen molar-refractivity contribution in [2.45, 2.75) is 84.0 Å². The van der Waals surface area contributed by atoms with E-state index in [1.54, 1.807) is 0 Å². The Hall–Kier alpha value is -0.590. The topological polar surface area (TPSA) is 72.8 Å². The van der Waals surface area contributed by atoms with Crippen molar-refractivity contribution < 1.29 is 22.4 Å². The van der Waals surface area contributed by atoms with E-state index in [0.29, 0.717) is 6.61 Å². The summed E-state index contributed by atoms with van der Waals surface area (Å²) in [5.41, 5.74) is 0. The van der Waals surface area contributed by atoms with Crippen LogP contribution in [0.25, 0.3) is 0 Å². The molecule has 0 aliphatic carbocycles. The van der Waals surface area contributed by atoms with Gasteiger partial charge in [-0.15, -0.1) is 0 Å². The summed E-state index contributed by atoms with van der Waals surface area (Å²) in [4.78, 5) is 0. The van der Waals surface area contributed by atoms with Crippen molar-refractivity contribution in [2.24, 2.45) is 0 Å². The summed E-state index contributed by atoms with van der Waals surface area (Å²) in [6.45, 7) is 6.22. The predicted molar refractivity (Wildman–Crippen MR) is 98.5 cm³/mol. The molecule has 0 aromatic heterocycles. The van der Waals surface area contributed by atoms with Crippen LogP contribution < -0.4 is 0 Å². The highest BCUT2D eigenvalue weighted by Crippen LogP contribution is 2.11. The summed E-state index contributed by atoms with van der Waals surface area (Å²) in [5.74, 6) is -0.596. The Labute approximate surface area is 148 Å². The zero-order valence-corrected chi connectivity index (χ0v) is 16.1. The van der Waals surface area contributed by atoms with Crippen LogP contribution >= 0.6 is 0 Å². The van der Waals surface area contributed by atoms with Crippen LogP contribution in [0.4, 0.5) is 0 Å². The van der Waals surface area contributed by atoms with E-state index in [1.165, 1.54) is 64.2 Å². The smallest absolute Gasteiger partial charge is 0.272 e. The summed E-state index contributed by atoms with van der Waals surface area (Å²) in [6.07, 6.45) is 15.6. The Balaban J connectivity index is 3.16. The van der Waals surface area contributed by atoms with Crippen molar-refractivity contribution in [3.8, 4) is 0 Å². The van der Waals surface area contributed by atoms with Gasteiger partial charge in [0.2, 0.25) is 0 Å². The van der Waals surface area contributed by atoms with Gasteiger partial charge in [-0.2, -0.15) is 8.42 Å². The molecule has 0 bridgehead atoms. The van der Waals surface area contributed by atoms with E-state index in [9.17, 15) is 8.42 Å². The monoisotopic (exact) mass is 364 g/mol. The molecule has 0 aliphatic rings. The van der Waals surface area contributed by atoms with Gasteiger partial charge in [0.25, 0.3) is 10.1 Å². The minimum absolute atomic E-state index is 0.00723. The Bertz CT molecular complexity index is 392. The highest BCUT2D eigenvalue weighted by Gasteiger charge is 2.08. The summed E-state index contributed by atoms with van der Waals surface area (Å²) in [7, 11) is -4.07. The standard InChI is InChI=1S/C18H36O5S/c1-3-4-5-6-7-8-9-10-11-12-13-14-15-22-17-23-18(2)16-24(19,20)21/h2-17H2,1H3,(H,19,20,21). The number of hydrogen-bond donors (Lipinski definition) is 1. The SMILES string of the molecule is C=C(CS(=O)(=O)O)OCOCCCCCCCCCCCCCC. The van der Waals surface area contributed by atoms with E-state index in [4.69, 9.17) is 14.0 Å². The molecule has 0 saturated carbocycles. The molecule has 0 aromatic rings. The van der Waals surface area contributed by atoms with Gasteiger partial charge in [0.1, 0.15) is 11.5 Å². The molecule has 1 N–H and O–H groups in total. The molecule has 24 heavy (non-hydrogen) atoms. The minimum atomic E-state index is -4.07. The van der Waals surface area contributed by atoms with Crippen molar-refractivity contribution in [3.63, 3.8) is 0 Å². The minimum Gasteiger partial charge on any atom is -0.471 e. The molecule has 0 unspecified atom stereocenters. The Morgan fingerprint density at radius 3 is 1.79 bits per heavy atom. The zero-order valence-electron chi connectivity index (χ0n) is 15.3. The van der Waals surface area contributed by atoms with Crippen LogP contribution in [0.3, 0.4) is 0 Å². The molecule has 0 atom stereocenters. The Morgan fingerprint density at radius 2 is 1.33 bits per heavy atom. The van der Waals surface area contributed by atoms with Crippen LogP contribution in [0.1, 0.15) is 84.0 Å². The zero-order chi connectivity index (χ0) is 18.1. The quantitative estimate of drug-likeness (QED) is 0.159. The molecule has 0 heterocycles. The molecule has 0 fully saturated rings. The number of rotatable bonds is 18. The van der Waals surface area contributed by atoms with E-state index in [2.05, 4.69) is 13.5 Å². The summed E-state index contributed by atoms with van der Waals surface area (Å²) < 4.78 is 40.0. The average Bonchev–Trinajstić information content (AvgIpc) is 2.49. The molecule has 5 nitrogen and oxygen atoms in total. The second-order valence-corrected chi connectivity index (χ2v) is 7.78. The van der Waals surface area contributed by atoms with Gasteiger partial charge in [-0.05, 0) is 6.42 Å². The van der Waals surface area contributed by atoms with E-state index < -0.39 is 15.9 Å². The van der Waals surface area contributed by atoms with E-state index in [0.717, 1.165) is 12.8 Å².